The minimum absolute atomic E-state index is 0.306. The van der Waals surface area contributed by atoms with E-state index in [4.69, 9.17) is 36.0 Å². The number of fused-ring (bicyclic) bond motifs is 2. The van der Waals surface area contributed by atoms with Crippen LogP contribution in [0.2, 0.25) is 5.02 Å². The molecule has 1 aliphatic heterocycles. The van der Waals surface area contributed by atoms with Crippen LogP contribution in [0.5, 0.6) is 0 Å². The molecule has 2 aromatic carbocycles. The Kier molecular flexibility index (Phi) is 14.7. The van der Waals surface area contributed by atoms with Gasteiger partial charge in [0.1, 0.15) is 18.8 Å². The molecule has 5 heterocycles. The zero-order valence-electron chi connectivity index (χ0n) is 33.4. The van der Waals surface area contributed by atoms with E-state index in [9.17, 15) is 4.79 Å². The lowest BCUT2D eigenvalue weighted by Gasteiger charge is -2.27. The molecule has 1 aliphatic rings. The number of aryl methyl sites for hydroxylation is 1. The first-order valence-electron chi connectivity index (χ1n) is 20.7. The number of H-pyrrole nitrogens is 1. The number of aromatic amines is 1. The first-order valence-corrected chi connectivity index (χ1v) is 21.1. The number of hydrogen-bond acceptors (Lipinski definition) is 11. The predicted octanol–water partition coefficient (Wildman–Crippen LogP) is 8.16. The SMILES string of the molecule is Cn1cc(-n2cnc3c(NCc4nc5cc(Cl)c(NCCCCCCCCCCCCCNC(=O)OCc6ccccc6)cc5[nH]4)nc(N4CCOCC4)nc32)cn1. The molecule has 1 amide bonds. The fourth-order valence-electron chi connectivity index (χ4n) is 7.14. The highest BCUT2D eigenvalue weighted by Crippen LogP contribution is 2.29. The van der Waals surface area contributed by atoms with Crippen LogP contribution in [0.4, 0.5) is 22.2 Å². The highest BCUT2D eigenvalue weighted by molar-refractivity contribution is 6.34. The summed E-state index contributed by atoms with van der Waals surface area (Å²) in [5.41, 5.74) is 5.87. The molecule has 0 unspecified atom stereocenters. The maximum Gasteiger partial charge on any atom is 0.407 e. The Hall–Kier alpha value is -5.41. The van der Waals surface area contributed by atoms with E-state index < -0.39 is 0 Å². The van der Waals surface area contributed by atoms with Crippen LogP contribution in [0.3, 0.4) is 0 Å². The van der Waals surface area contributed by atoms with Gasteiger partial charge in [-0.1, -0.05) is 99.7 Å². The van der Waals surface area contributed by atoms with Gasteiger partial charge < -0.3 is 35.3 Å². The number of hydrogen-bond donors (Lipinski definition) is 4. The number of anilines is 3. The molecule has 0 spiro atoms. The number of aromatic nitrogens is 8. The Balaban J connectivity index is 0.788. The number of amides is 1. The van der Waals surface area contributed by atoms with Crippen LogP contribution in [-0.2, 0) is 29.7 Å². The van der Waals surface area contributed by atoms with E-state index in [-0.39, 0.29) is 6.09 Å². The number of unbranched alkanes of at least 4 members (excludes halogenated alkanes) is 10. The van der Waals surface area contributed by atoms with Gasteiger partial charge in [0.05, 0.1) is 53.4 Å². The lowest BCUT2D eigenvalue weighted by Crippen LogP contribution is -2.37. The summed E-state index contributed by atoms with van der Waals surface area (Å²) < 4.78 is 14.5. The van der Waals surface area contributed by atoms with E-state index in [2.05, 4.69) is 35.9 Å². The fraction of sp³-hybridized carbons (Fsp3) is 0.476. The Morgan fingerprint density at radius 1 is 0.897 bits per heavy atom. The van der Waals surface area contributed by atoms with Crippen molar-refractivity contribution < 1.29 is 14.3 Å². The van der Waals surface area contributed by atoms with Crippen LogP contribution in [0.1, 0.15) is 82.0 Å². The first-order chi connectivity index (χ1) is 28.5. The van der Waals surface area contributed by atoms with Crippen LogP contribution in [-0.4, -0.2) is 84.8 Å². The summed E-state index contributed by atoms with van der Waals surface area (Å²) in [7, 11) is 1.89. The zero-order chi connectivity index (χ0) is 39.9. The molecule has 1 fully saturated rings. The molecule has 1 saturated heterocycles. The number of nitrogens with zero attached hydrogens (tertiary/aromatic N) is 8. The Morgan fingerprint density at radius 2 is 1.62 bits per heavy atom. The fourth-order valence-corrected chi connectivity index (χ4v) is 7.36. The van der Waals surface area contributed by atoms with E-state index in [0.717, 1.165) is 59.6 Å². The number of nitrogens with one attached hydrogen (secondary N) is 4. The molecule has 4 aromatic heterocycles. The number of morpholine rings is 1. The molecule has 15 nitrogen and oxygen atoms in total. The summed E-state index contributed by atoms with van der Waals surface area (Å²) in [5, 5.41) is 14.8. The summed E-state index contributed by atoms with van der Waals surface area (Å²) in [6.45, 7) is 4.95. The normalized spacial score (nSPS) is 13.0. The van der Waals surface area contributed by atoms with Gasteiger partial charge in [0.25, 0.3) is 0 Å². The Morgan fingerprint density at radius 3 is 2.34 bits per heavy atom. The highest BCUT2D eigenvalue weighted by Gasteiger charge is 2.21. The molecule has 4 N–H and O–H groups in total. The number of carbonyl (C=O) groups is 1. The summed E-state index contributed by atoms with van der Waals surface area (Å²) in [6, 6.07) is 13.7. The molecule has 0 aliphatic carbocycles. The van der Waals surface area contributed by atoms with Crippen molar-refractivity contribution in [3.05, 3.63) is 77.6 Å². The maximum atomic E-state index is 11.8. The smallest absolute Gasteiger partial charge is 0.407 e. The van der Waals surface area contributed by atoms with Gasteiger partial charge in [-0.25, -0.2) is 14.8 Å². The molecule has 0 saturated carbocycles. The lowest BCUT2D eigenvalue weighted by molar-refractivity contribution is 0.122. The van der Waals surface area contributed by atoms with Crippen LogP contribution in [0.15, 0.2) is 61.2 Å². The first kappa shape index (κ1) is 40.8. The van der Waals surface area contributed by atoms with E-state index >= 15 is 0 Å². The largest absolute Gasteiger partial charge is 0.445 e. The standard InChI is InChI=1S/C42H55ClN12O3/c1-53-28-32(26-48-53)55-30-47-38-39(51-41(52-40(38)55)54-20-22-57-23-21-54)46-27-37-49-35-24-33(43)34(25-36(35)50-37)44-18-14-9-7-5-3-2-4-6-8-10-15-19-45-42(56)58-29-31-16-12-11-13-17-31/h11-13,16-17,24-26,28,30,44H,2-10,14-15,18-23,27,29H2,1H3,(H,45,56)(H,49,50)(H,46,51,52). The topological polar surface area (TPSA) is 165 Å². The van der Waals surface area contributed by atoms with Gasteiger partial charge in [0.2, 0.25) is 5.95 Å². The predicted molar refractivity (Wildman–Crippen MR) is 229 cm³/mol. The molecule has 58 heavy (non-hydrogen) atoms. The lowest BCUT2D eigenvalue weighted by atomic mass is 10.1. The quantitative estimate of drug-likeness (QED) is 0.0489. The second-order valence-corrected chi connectivity index (χ2v) is 15.2. The van der Waals surface area contributed by atoms with Crippen molar-refractivity contribution in [2.45, 2.75) is 83.8 Å². The van der Waals surface area contributed by atoms with Crippen LogP contribution < -0.4 is 20.9 Å². The zero-order valence-corrected chi connectivity index (χ0v) is 34.1. The van der Waals surface area contributed by atoms with E-state index in [0.29, 0.717) is 74.0 Å². The molecule has 16 heteroatoms. The number of rotatable bonds is 22. The number of alkyl carbamates (subject to hydrolysis) is 1. The minimum atomic E-state index is -0.342. The van der Waals surface area contributed by atoms with E-state index in [1.165, 1.54) is 51.4 Å². The number of halogens is 1. The molecular formula is C42H55ClN12O3. The number of ether oxygens (including phenoxy) is 2. The molecule has 0 atom stereocenters. The second kappa shape index (κ2) is 20.8. The highest BCUT2D eigenvalue weighted by atomic mass is 35.5. The van der Waals surface area contributed by atoms with E-state index in [1.807, 2.05) is 60.3 Å². The summed E-state index contributed by atoms with van der Waals surface area (Å²) in [4.78, 5) is 36.8. The Labute approximate surface area is 344 Å². The number of carbonyl (C=O) groups excluding carboxylic acids is 1. The molecule has 7 rings (SSSR count). The third kappa shape index (κ3) is 11.4. The third-order valence-electron chi connectivity index (χ3n) is 10.3. The van der Waals surface area contributed by atoms with Crippen molar-refractivity contribution >= 4 is 57.3 Å². The van der Waals surface area contributed by atoms with E-state index in [1.54, 1.807) is 17.2 Å². The van der Waals surface area contributed by atoms with Gasteiger partial charge in [-0.3, -0.25) is 9.25 Å². The van der Waals surface area contributed by atoms with Crippen molar-refractivity contribution in [2.75, 3.05) is 54.9 Å². The average Bonchev–Trinajstić information content (AvgIpc) is 3.99. The minimum Gasteiger partial charge on any atom is -0.445 e. The molecule has 0 bridgehead atoms. The summed E-state index contributed by atoms with van der Waals surface area (Å²) >= 11 is 6.70. The van der Waals surface area contributed by atoms with Gasteiger partial charge in [-0.05, 0) is 30.5 Å². The number of benzene rings is 2. The van der Waals surface area contributed by atoms with Crippen molar-refractivity contribution in [1.82, 2.24) is 44.6 Å². The molecular weight excluding hydrogens is 756 g/mol. The van der Waals surface area contributed by atoms with Crippen LogP contribution in [0.25, 0.3) is 27.9 Å². The summed E-state index contributed by atoms with van der Waals surface area (Å²) in [5.74, 6) is 2.02. The average molecular weight is 811 g/mol. The van der Waals surface area contributed by atoms with Gasteiger partial charge in [0, 0.05) is 39.4 Å². The van der Waals surface area contributed by atoms with Crippen LogP contribution in [0, 0.1) is 0 Å². The Bertz CT molecular complexity index is 2200. The van der Waals surface area contributed by atoms with Gasteiger partial charge in [-0.2, -0.15) is 15.1 Å². The second-order valence-electron chi connectivity index (χ2n) is 14.8. The third-order valence-corrected chi connectivity index (χ3v) is 10.7. The number of imidazole rings is 2. The monoisotopic (exact) mass is 810 g/mol. The molecule has 6 aromatic rings. The van der Waals surface area contributed by atoms with Crippen molar-refractivity contribution in [1.29, 1.82) is 0 Å². The maximum absolute atomic E-state index is 11.8. The summed E-state index contributed by atoms with van der Waals surface area (Å²) in [6.07, 6.45) is 18.4. The van der Waals surface area contributed by atoms with Crippen molar-refractivity contribution in [2.24, 2.45) is 7.05 Å². The van der Waals surface area contributed by atoms with Gasteiger partial charge in [-0.15, -0.1) is 0 Å². The van der Waals surface area contributed by atoms with Crippen molar-refractivity contribution in [3.63, 3.8) is 0 Å². The molecule has 0 radical (unpaired) electrons. The van der Waals surface area contributed by atoms with Gasteiger partial charge in [0.15, 0.2) is 17.0 Å². The van der Waals surface area contributed by atoms with Gasteiger partial charge >= 0.3 is 6.09 Å². The van der Waals surface area contributed by atoms with Crippen molar-refractivity contribution in [3.8, 4) is 5.69 Å². The molecule has 308 valence electrons. The van der Waals surface area contributed by atoms with Crippen LogP contribution >= 0.6 is 11.6 Å².